The zero-order chi connectivity index (χ0) is 17.6. The van der Waals surface area contributed by atoms with Gasteiger partial charge in [0, 0.05) is 12.6 Å². The predicted molar refractivity (Wildman–Crippen MR) is 101 cm³/mol. The molecule has 25 heavy (non-hydrogen) atoms. The second-order valence-electron chi connectivity index (χ2n) is 6.12. The number of hydrogen-bond acceptors (Lipinski definition) is 4. The molecule has 6 heteroatoms. The highest BCUT2D eigenvalue weighted by molar-refractivity contribution is 7.13. The van der Waals surface area contributed by atoms with Crippen LogP contribution in [0.15, 0.2) is 23.6 Å². The van der Waals surface area contributed by atoms with E-state index in [0.717, 1.165) is 57.7 Å². The van der Waals surface area contributed by atoms with Crippen molar-refractivity contribution in [3.63, 3.8) is 0 Å². The van der Waals surface area contributed by atoms with Gasteiger partial charge in [-0.1, -0.05) is 17.7 Å². The molecule has 4 rings (SSSR count). The summed E-state index contributed by atoms with van der Waals surface area (Å²) < 4.78 is 7.41. The van der Waals surface area contributed by atoms with Gasteiger partial charge in [-0.15, -0.1) is 11.3 Å². The van der Waals surface area contributed by atoms with E-state index in [1.807, 2.05) is 23.6 Å². The number of halogens is 1. The summed E-state index contributed by atoms with van der Waals surface area (Å²) in [6.07, 6.45) is 2.77. The second kappa shape index (κ2) is 6.32. The van der Waals surface area contributed by atoms with Crippen LogP contribution in [0.4, 0.5) is 0 Å². The molecule has 0 bridgehead atoms. The average Bonchev–Trinajstić information content (AvgIpc) is 3.25. The Hall–Kier alpha value is -2.11. The van der Waals surface area contributed by atoms with Gasteiger partial charge in [0.05, 0.1) is 16.5 Å². The van der Waals surface area contributed by atoms with Crippen molar-refractivity contribution < 1.29 is 9.53 Å². The van der Waals surface area contributed by atoms with Crippen molar-refractivity contribution in [1.29, 1.82) is 0 Å². The van der Waals surface area contributed by atoms with E-state index in [2.05, 4.69) is 12.0 Å². The molecule has 0 radical (unpaired) electrons. The van der Waals surface area contributed by atoms with Crippen molar-refractivity contribution in [2.24, 2.45) is 7.05 Å². The number of hydrogen-bond donors (Lipinski definition) is 0. The van der Waals surface area contributed by atoms with Gasteiger partial charge in [-0.25, -0.2) is 0 Å². The Bertz CT molecular complexity index is 961. The van der Waals surface area contributed by atoms with Crippen molar-refractivity contribution in [2.45, 2.75) is 19.8 Å². The van der Waals surface area contributed by atoms with E-state index < -0.39 is 0 Å². The Balaban J connectivity index is 2.03. The number of aryl methyl sites for hydroxylation is 1. The van der Waals surface area contributed by atoms with Crippen LogP contribution in [0.3, 0.4) is 0 Å². The minimum absolute atomic E-state index is 0.555. The standard InChI is InChI=1S/C19H17ClN2O2S/c1-11-12-5-3-7-24-19(12)14(20)9-13(11)17-15(10-23)22(2)21-18(17)16-6-4-8-25-16/h4,6,8-10H,3,5,7H2,1-2H3. The lowest BCUT2D eigenvalue weighted by atomic mass is 9.91. The van der Waals surface area contributed by atoms with Gasteiger partial charge in [-0.05, 0) is 54.0 Å². The Morgan fingerprint density at radius 1 is 1.44 bits per heavy atom. The molecule has 0 amide bonds. The third kappa shape index (κ3) is 2.58. The Labute approximate surface area is 155 Å². The maximum atomic E-state index is 11.8. The topological polar surface area (TPSA) is 44.1 Å². The van der Waals surface area contributed by atoms with Crippen LogP contribution in [0.1, 0.15) is 28.0 Å². The molecule has 1 aliphatic heterocycles. The zero-order valence-corrected chi connectivity index (χ0v) is 15.6. The van der Waals surface area contributed by atoms with Crippen LogP contribution in [-0.2, 0) is 13.5 Å². The Morgan fingerprint density at radius 2 is 2.28 bits per heavy atom. The number of ether oxygens (including phenoxy) is 1. The fourth-order valence-electron chi connectivity index (χ4n) is 3.44. The minimum Gasteiger partial charge on any atom is -0.492 e. The van der Waals surface area contributed by atoms with Gasteiger partial charge in [-0.2, -0.15) is 5.10 Å². The maximum absolute atomic E-state index is 11.8. The van der Waals surface area contributed by atoms with E-state index in [4.69, 9.17) is 16.3 Å². The normalized spacial score (nSPS) is 13.4. The van der Waals surface area contributed by atoms with Crippen molar-refractivity contribution in [2.75, 3.05) is 6.61 Å². The number of nitrogens with zero attached hydrogens (tertiary/aromatic N) is 2. The SMILES string of the molecule is Cc1c(-c2c(-c3cccs3)nn(C)c2C=O)cc(Cl)c2c1CCCO2. The lowest BCUT2D eigenvalue weighted by Gasteiger charge is -2.22. The Morgan fingerprint density at radius 3 is 3.00 bits per heavy atom. The molecule has 3 heterocycles. The molecule has 0 saturated carbocycles. The maximum Gasteiger partial charge on any atom is 0.168 e. The van der Waals surface area contributed by atoms with Gasteiger partial charge in [0.25, 0.3) is 0 Å². The zero-order valence-electron chi connectivity index (χ0n) is 14.0. The number of carbonyl (C=O) groups excluding carboxylic acids is 1. The summed E-state index contributed by atoms with van der Waals surface area (Å²) >= 11 is 8.12. The van der Waals surface area contributed by atoms with Crippen LogP contribution in [0.5, 0.6) is 5.75 Å². The van der Waals surface area contributed by atoms with E-state index in [1.165, 1.54) is 0 Å². The predicted octanol–water partition coefficient (Wildman–Crippen LogP) is 4.91. The number of benzene rings is 1. The molecule has 2 aromatic heterocycles. The lowest BCUT2D eigenvalue weighted by molar-refractivity contribution is 0.111. The van der Waals surface area contributed by atoms with Crippen molar-refractivity contribution in [1.82, 2.24) is 9.78 Å². The first kappa shape index (κ1) is 16.4. The first-order valence-electron chi connectivity index (χ1n) is 8.13. The molecule has 0 spiro atoms. The van der Waals surface area contributed by atoms with E-state index in [9.17, 15) is 4.79 Å². The number of carbonyl (C=O) groups is 1. The summed E-state index contributed by atoms with van der Waals surface area (Å²) in [7, 11) is 1.79. The largest absolute Gasteiger partial charge is 0.492 e. The number of rotatable bonds is 3. The van der Waals surface area contributed by atoms with Gasteiger partial charge in [-0.3, -0.25) is 9.48 Å². The number of thiophene rings is 1. The molecule has 0 fully saturated rings. The molecule has 1 aromatic carbocycles. The van der Waals surface area contributed by atoms with E-state index in [1.54, 1.807) is 23.1 Å². The van der Waals surface area contributed by atoms with E-state index in [-0.39, 0.29) is 0 Å². The highest BCUT2D eigenvalue weighted by Crippen LogP contribution is 2.44. The molecule has 0 N–H and O–H groups in total. The minimum atomic E-state index is 0.555. The molecular weight excluding hydrogens is 356 g/mol. The highest BCUT2D eigenvalue weighted by atomic mass is 35.5. The molecule has 4 nitrogen and oxygen atoms in total. The summed E-state index contributed by atoms with van der Waals surface area (Å²) in [6.45, 7) is 2.76. The monoisotopic (exact) mass is 372 g/mol. The summed E-state index contributed by atoms with van der Waals surface area (Å²) in [5.74, 6) is 0.781. The highest BCUT2D eigenvalue weighted by Gasteiger charge is 2.25. The van der Waals surface area contributed by atoms with Crippen LogP contribution < -0.4 is 4.74 Å². The van der Waals surface area contributed by atoms with Gasteiger partial charge in [0.2, 0.25) is 0 Å². The van der Waals surface area contributed by atoms with Crippen molar-refractivity contribution >= 4 is 29.2 Å². The van der Waals surface area contributed by atoms with Crippen LogP contribution in [0.2, 0.25) is 5.02 Å². The average molecular weight is 373 g/mol. The van der Waals surface area contributed by atoms with Crippen LogP contribution in [-0.4, -0.2) is 22.7 Å². The van der Waals surface area contributed by atoms with Crippen molar-refractivity contribution in [3.8, 4) is 27.4 Å². The number of aldehydes is 1. The van der Waals surface area contributed by atoms with Crippen LogP contribution in [0.25, 0.3) is 21.7 Å². The molecule has 0 unspecified atom stereocenters. The lowest BCUT2D eigenvalue weighted by Crippen LogP contribution is -2.11. The molecule has 1 aliphatic rings. The second-order valence-corrected chi connectivity index (χ2v) is 7.47. The van der Waals surface area contributed by atoms with E-state index >= 15 is 0 Å². The third-order valence-electron chi connectivity index (χ3n) is 4.66. The van der Waals surface area contributed by atoms with Gasteiger partial charge in [0.15, 0.2) is 6.29 Å². The smallest absolute Gasteiger partial charge is 0.168 e. The quantitative estimate of drug-likeness (QED) is 0.613. The summed E-state index contributed by atoms with van der Waals surface area (Å²) in [5.41, 5.74) is 5.40. The summed E-state index contributed by atoms with van der Waals surface area (Å²) in [6, 6.07) is 5.91. The third-order valence-corrected chi connectivity index (χ3v) is 5.82. The van der Waals surface area contributed by atoms with E-state index in [0.29, 0.717) is 17.3 Å². The number of aromatic nitrogens is 2. The van der Waals surface area contributed by atoms with Gasteiger partial charge in [0.1, 0.15) is 17.1 Å². The molecule has 0 aliphatic carbocycles. The van der Waals surface area contributed by atoms with Crippen LogP contribution in [0, 0.1) is 6.92 Å². The van der Waals surface area contributed by atoms with Gasteiger partial charge < -0.3 is 4.74 Å². The fraction of sp³-hybridized carbons (Fsp3) is 0.263. The first-order chi connectivity index (χ1) is 12.1. The van der Waals surface area contributed by atoms with Crippen molar-refractivity contribution in [3.05, 3.63) is 45.4 Å². The van der Waals surface area contributed by atoms with Gasteiger partial charge >= 0.3 is 0 Å². The van der Waals surface area contributed by atoms with Crippen LogP contribution >= 0.6 is 22.9 Å². The molecule has 128 valence electrons. The molecular formula is C19H17ClN2O2S. The molecule has 3 aromatic rings. The summed E-state index contributed by atoms with van der Waals surface area (Å²) in [5, 5.41) is 7.20. The fourth-order valence-corrected chi connectivity index (χ4v) is 4.43. The first-order valence-corrected chi connectivity index (χ1v) is 9.38. The Kier molecular flexibility index (Phi) is 4.13. The number of fused-ring (bicyclic) bond motifs is 1. The molecule has 0 saturated heterocycles. The summed E-state index contributed by atoms with van der Waals surface area (Å²) in [4.78, 5) is 12.8. The molecule has 0 atom stereocenters.